The number of amides is 2. The molecule has 0 unspecified atom stereocenters. The molecule has 1 aliphatic rings. The maximum Gasteiger partial charge on any atom is 0.387 e. The lowest BCUT2D eigenvalue weighted by Gasteiger charge is -2.36. The van der Waals surface area contributed by atoms with Crippen LogP contribution < -0.4 is 15.8 Å². The Bertz CT molecular complexity index is 1620. The molecule has 2 amide bonds. The van der Waals surface area contributed by atoms with Gasteiger partial charge in [-0.05, 0) is 44.2 Å². The number of halogens is 3. The average Bonchev–Trinajstić information content (AvgIpc) is 3.52. The van der Waals surface area contributed by atoms with E-state index in [1.165, 1.54) is 39.8 Å². The van der Waals surface area contributed by atoms with Crippen molar-refractivity contribution in [3.63, 3.8) is 0 Å². The van der Waals surface area contributed by atoms with Gasteiger partial charge in [-0.2, -0.15) is 13.9 Å². The monoisotopic (exact) mass is 617 g/mol. The van der Waals surface area contributed by atoms with Gasteiger partial charge in [-0.25, -0.2) is 9.50 Å². The number of rotatable bonds is 10. The number of hydrogen-bond donors (Lipinski definition) is 3. The predicted molar refractivity (Wildman–Crippen MR) is 154 cm³/mol. The number of fused-ring (bicyclic) bond motifs is 1. The molecule has 0 radical (unpaired) electrons. The molecule has 16 heteroatoms. The summed E-state index contributed by atoms with van der Waals surface area (Å²) in [6, 6.07) is 5.91. The van der Waals surface area contributed by atoms with Crippen molar-refractivity contribution in [1.82, 2.24) is 34.2 Å². The molecule has 0 aliphatic carbocycles. The van der Waals surface area contributed by atoms with E-state index in [0.717, 1.165) is 12.8 Å². The molecule has 0 spiro atoms. The first kappa shape index (κ1) is 30.1. The fourth-order valence-corrected chi connectivity index (χ4v) is 5.29. The molecule has 4 heterocycles. The van der Waals surface area contributed by atoms with Crippen LogP contribution in [0.15, 0.2) is 42.9 Å². The fourth-order valence-electron chi connectivity index (χ4n) is 5.12. The Hall–Kier alpha value is -4.34. The lowest BCUT2D eigenvalue weighted by Crippen LogP contribution is -2.47. The van der Waals surface area contributed by atoms with Crippen LogP contribution >= 0.6 is 11.6 Å². The fraction of sp³-hybridized carbons (Fsp3) is 0.370. The number of alkyl halides is 2. The van der Waals surface area contributed by atoms with Gasteiger partial charge < -0.3 is 30.7 Å². The number of benzene rings is 1. The van der Waals surface area contributed by atoms with Gasteiger partial charge in [0, 0.05) is 54.9 Å². The Balaban J connectivity index is 1.44. The third kappa shape index (κ3) is 6.68. The van der Waals surface area contributed by atoms with Crippen molar-refractivity contribution in [2.75, 3.05) is 44.3 Å². The zero-order chi connectivity index (χ0) is 30.7. The summed E-state index contributed by atoms with van der Waals surface area (Å²) >= 11 is 6.20. The highest BCUT2D eigenvalue weighted by Gasteiger charge is 2.27. The van der Waals surface area contributed by atoms with Crippen LogP contribution in [0.25, 0.3) is 16.9 Å². The molecule has 1 saturated heterocycles. The Morgan fingerprint density at radius 3 is 2.77 bits per heavy atom. The zero-order valence-electron chi connectivity index (χ0n) is 23.2. The molecule has 228 valence electrons. The summed E-state index contributed by atoms with van der Waals surface area (Å²) < 4.78 is 33.9. The van der Waals surface area contributed by atoms with E-state index in [4.69, 9.17) is 22.1 Å². The zero-order valence-corrected chi connectivity index (χ0v) is 23.9. The van der Waals surface area contributed by atoms with E-state index >= 15 is 0 Å². The molecule has 4 N–H and O–H groups in total. The van der Waals surface area contributed by atoms with E-state index in [0.29, 0.717) is 19.6 Å². The number of likely N-dealkylation sites (tertiary alicyclic amines) is 1. The predicted octanol–water partition coefficient (Wildman–Crippen LogP) is 2.60. The number of hydrogen-bond acceptors (Lipinski definition) is 9. The second-order valence-corrected chi connectivity index (χ2v) is 10.5. The van der Waals surface area contributed by atoms with Crippen LogP contribution in [-0.2, 0) is 11.3 Å². The molecule has 0 saturated carbocycles. The number of aromatic nitrogens is 5. The summed E-state index contributed by atoms with van der Waals surface area (Å²) in [5.74, 6) is -1.18. The van der Waals surface area contributed by atoms with Gasteiger partial charge in [0.2, 0.25) is 5.91 Å². The Labute approximate surface area is 249 Å². The maximum absolute atomic E-state index is 13.4. The second kappa shape index (κ2) is 12.9. The Kier molecular flexibility index (Phi) is 9.03. The molecule has 5 rings (SSSR count). The van der Waals surface area contributed by atoms with Crippen LogP contribution in [0.1, 0.15) is 23.2 Å². The molecule has 43 heavy (non-hydrogen) atoms. The van der Waals surface area contributed by atoms with Gasteiger partial charge in [0.1, 0.15) is 23.6 Å². The number of ether oxygens (including phenoxy) is 1. The average molecular weight is 618 g/mol. The normalized spacial score (nSPS) is 14.2. The standard InChI is InChI=1S/C27H30ClF2N9O4/c1-36(11-12-40)17-5-9-37(10-6-17)21(41)15-38-14-19(23(34-38)18-13-16(28)3-4-20(18)43-27(29)30)33-26(42)22-24(31)35-39-8-2-7-32-25(22)39/h2-4,7-8,13-14,17,27,40H,5-6,9-12,15H2,1H3,(H2,31,35)(H,33,42). The molecule has 0 bridgehead atoms. The number of nitrogens with one attached hydrogen (secondary N) is 1. The largest absolute Gasteiger partial charge is 0.434 e. The summed E-state index contributed by atoms with van der Waals surface area (Å²) in [6.07, 6.45) is 5.99. The van der Waals surface area contributed by atoms with Gasteiger partial charge in [-0.1, -0.05) is 11.6 Å². The highest BCUT2D eigenvalue weighted by molar-refractivity contribution is 6.31. The molecular formula is C27H30ClF2N9O4. The first-order valence-corrected chi connectivity index (χ1v) is 13.8. The molecule has 0 atom stereocenters. The van der Waals surface area contributed by atoms with Gasteiger partial charge in [0.05, 0.1) is 12.3 Å². The van der Waals surface area contributed by atoms with Gasteiger partial charge in [0.15, 0.2) is 11.5 Å². The number of carbonyl (C=O) groups is 2. The number of anilines is 2. The lowest BCUT2D eigenvalue weighted by molar-refractivity contribution is -0.133. The summed E-state index contributed by atoms with van der Waals surface area (Å²) in [6.45, 7) is -1.64. The molecule has 1 fully saturated rings. The second-order valence-electron chi connectivity index (χ2n) is 10.0. The number of piperidine rings is 1. The van der Waals surface area contributed by atoms with Gasteiger partial charge in [-0.3, -0.25) is 14.3 Å². The van der Waals surface area contributed by atoms with E-state index in [2.05, 4.69) is 25.4 Å². The number of nitrogens with zero attached hydrogens (tertiary/aromatic N) is 7. The first-order chi connectivity index (χ1) is 20.6. The minimum absolute atomic E-state index is 0.000406. The van der Waals surface area contributed by atoms with Crippen molar-refractivity contribution in [3.8, 4) is 17.0 Å². The van der Waals surface area contributed by atoms with E-state index in [1.807, 2.05) is 7.05 Å². The number of nitrogen functional groups attached to an aromatic ring is 1. The van der Waals surface area contributed by atoms with Crippen LogP contribution in [0.2, 0.25) is 5.02 Å². The molecule has 1 aliphatic heterocycles. The Morgan fingerprint density at radius 2 is 2.05 bits per heavy atom. The van der Waals surface area contributed by atoms with Crippen LogP contribution in [0, 0.1) is 0 Å². The third-order valence-electron chi connectivity index (χ3n) is 7.26. The van der Waals surface area contributed by atoms with Crippen LogP contribution in [-0.4, -0.2) is 97.0 Å². The van der Waals surface area contributed by atoms with Crippen molar-refractivity contribution in [1.29, 1.82) is 0 Å². The van der Waals surface area contributed by atoms with Crippen LogP contribution in [0.3, 0.4) is 0 Å². The highest BCUT2D eigenvalue weighted by Crippen LogP contribution is 2.37. The van der Waals surface area contributed by atoms with Crippen molar-refractivity contribution in [2.45, 2.75) is 32.0 Å². The van der Waals surface area contributed by atoms with E-state index in [-0.39, 0.29) is 69.8 Å². The van der Waals surface area contributed by atoms with Crippen molar-refractivity contribution >= 4 is 40.6 Å². The topological polar surface area (TPSA) is 156 Å². The number of aliphatic hydroxyl groups is 1. The minimum atomic E-state index is -3.13. The first-order valence-electron chi connectivity index (χ1n) is 13.5. The summed E-state index contributed by atoms with van der Waals surface area (Å²) in [5.41, 5.74) is 6.44. The van der Waals surface area contributed by atoms with E-state index in [9.17, 15) is 23.5 Å². The number of aliphatic hydroxyl groups excluding tert-OH is 1. The maximum atomic E-state index is 13.4. The smallest absolute Gasteiger partial charge is 0.387 e. The van der Waals surface area contributed by atoms with Crippen molar-refractivity contribution in [3.05, 3.63) is 53.4 Å². The lowest BCUT2D eigenvalue weighted by atomic mass is 10.0. The quantitative estimate of drug-likeness (QED) is 0.243. The van der Waals surface area contributed by atoms with Crippen molar-refractivity contribution in [2.24, 2.45) is 0 Å². The molecule has 13 nitrogen and oxygen atoms in total. The van der Waals surface area contributed by atoms with Gasteiger partial charge >= 0.3 is 6.61 Å². The highest BCUT2D eigenvalue weighted by atomic mass is 35.5. The SMILES string of the molecule is CN(CCO)C1CCN(C(=O)Cn2cc(NC(=O)c3c(N)nn4cccnc34)c(-c3cc(Cl)ccc3OC(F)F)n2)CC1. The molecule has 3 aromatic heterocycles. The Morgan fingerprint density at radius 1 is 1.28 bits per heavy atom. The third-order valence-corrected chi connectivity index (χ3v) is 7.50. The summed E-state index contributed by atoms with van der Waals surface area (Å²) in [7, 11) is 1.94. The van der Waals surface area contributed by atoms with Gasteiger partial charge in [-0.15, -0.1) is 5.10 Å². The van der Waals surface area contributed by atoms with E-state index in [1.54, 1.807) is 17.2 Å². The van der Waals surface area contributed by atoms with Gasteiger partial charge in [0.25, 0.3) is 5.91 Å². The van der Waals surface area contributed by atoms with E-state index < -0.39 is 12.5 Å². The molecular weight excluding hydrogens is 588 g/mol. The molecule has 1 aromatic carbocycles. The van der Waals surface area contributed by atoms with Crippen LogP contribution in [0.5, 0.6) is 5.75 Å². The molecule has 4 aromatic rings. The number of carbonyl (C=O) groups excluding carboxylic acids is 2. The number of nitrogens with two attached hydrogens (primary N) is 1. The van der Waals surface area contributed by atoms with Crippen molar-refractivity contribution < 1.29 is 28.2 Å². The minimum Gasteiger partial charge on any atom is -0.434 e. The summed E-state index contributed by atoms with van der Waals surface area (Å²) in [5, 5.41) is 20.7. The van der Waals surface area contributed by atoms with Crippen LogP contribution in [0.4, 0.5) is 20.3 Å². The number of likely N-dealkylation sites (N-methyl/N-ethyl adjacent to an activating group) is 1. The summed E-state index contributed by atoms with van der Waals surface area (Å²) in [4.78, 5) is 34.7.